The molecule has 0 aliphatic rings. The Morgan fingerprint density at radius 3 is 1.70 bits per heavy atom. The molecule has 2 aromatic rings. The van der Waals surface area contributed by atoms with Crippen molar-refractivity contribution in [3.63, 3.8) is 0 Å². The van der Waals surface area contributed by atoms with Crippen LogP contribution in [0.1, 0.15) is 131 Å². The zero-order valence-electron chi connectivity index (χ0n) is 25.3. The van der Waals surface area contributed by atoms with E-state index in [4.69, 9.17) is 4.18 Å². The van der Waals surface area contributed by atoms with Gasteiger partial charge < -0.3 is 4.90 Å². The molecular weight excluding hydrogens is 518 g/mol. The first-order valence-electron chi connectivity index (χ1n) is 15.6. The fourth-order valence-electron chi connectivity index (χ4n) is 4.97. The number of hydrogen-bond donors (Lipinski definition) is 0. The highest BCUT2D eigenvalue weighted by molar-refractivity contribution is 7.86. The quantitative estimate of drug-likeness (QED) is 0.104. The molecule has 1 amide bonds. The minimum absolute atomic E-state index is 0.104. The molecular formula is C34H53NO4S. The number of unbranched alkanes of at least 4 members (excludes halogenated alkanes) is 15. The van der Waals surface area contributed by atoms with Crippen LogP contribution >= 0.6 is 0 Å². The first kappa shape index (κ1) is 34.0. The van der Waals surface area contributed by atoms with Gasteiger partial charge in [0.1, 0.15) is 0 Å². The molecule has 0 N–H and O–H groups in total. The average Bonchev–Trinajstić information content (AvgIpc) is 2.95. The zero-order valence-corrected chi connectivity index (χ0v) is 26.2. The Balaban J connectivity index is 1.60. The van der Waals surface area contributed by atoms with Crippen LogP contribution in [0.15, 0.2) is 53.4 Å². The number of hydrogen-bond acceptors (Lipinski definition) is 4. The Kier molecular flexibility index (Phi) is 16.9. The Morgan fingerprint density at radius 2 is 1.18 bits per heavy atom. The van der Waals surface area contributed by atoms with Crippen molar-refractivity contribution in [2.24, 2.45) is 0 Å². The lowest BCUT2D eigenvalue weighted by Crippen LogP contribution is -2.28. The molecule has 0 aliphatic heterocycles. The molecule has 0 aliphatic carbocycles. The number of rotatable bonds is 22. The van der Waals surface area contributed by atoms with Crippen molar-refractivity contribution < 1.29 is 17.4 Å². The summed E-state index contributed by atoms with van der Waals surface area (Å²) in [5, 5.41) is 0. The molecule has 0 unspecified atom stereocenters. The van der Waals surface area contributed by atoms with Gasteiger partial charge in [0.25, 0.3) is 16.0 Å². The normalized spacial score (nSPS) is 11.6. The fraction of sp³-hybridized carbons (Fsp3) is 0.618. The van der Waals surface area contributed by atoms with Gasteiger partial charge >= 0.3 is 0 Å². The molecule has 2 aromatic carbocycles. The van der Waals surface area contributed by atoms with E-state index < -0.39 is 10.1 Å². The second kappa shape index (κ2) is 19.8. The second-order valence-corrected chi connectivity index (χ2v) is 12.8. The molecule has 40 heavy (non-hydrogen) atoms. The second-order valence-electron chi connectivity index (χ2n) is 11.2. The van der Waals surface area contributed by atoms with Gasteiger partial charge in [0, 0.05) is 19.2 Å². The van der Waals surface area contributed by atoms with Gasteiger partial charge in [-0.25, -0.2) is 0 Å². The van der Waals surface area contributed by atoms with E-state index in [-0.39, 0.29) is 17.4 Å². The Morgan fingerprint density at radius 1 is 0.700 bits per heavy atom. The molecule has 224 valence electrons. The van der Waals surface area contributed by atoms with Crippen LogP contribution in [0.5, 0.6) is 0 Å². The van der Waals surface area contributed by atoms with Gasteiger partial charge in [-0.1, -0.05) is 139 Å². The van der Waals surface area contributed by atoms with E-state index in [1.807, 2.05) is 14.0 Å². The van der Waals surface area contributed by atoms with Crippen LogP contribution in [-0.2, 0) is 20.9 Å². The van der Waals surface area contributed by atoms with Crippen LogP contribution in [0.4, 0.5) is 0 Å². The molecule has 0 bridgehead atoms. The smallest absolute Gasteiger partial charge is 0.297 e. The number of nitrogens with zero attached hydrogens (tertiary/aromatic N) is 1. The van der Waals surface area contributed by atoms with Crippen molar-refractivity contribution in [2.75, 3.05) is 13.6 Å². The van der Waals surface area contributed by atoms with E-state index in [1.54, 1.807) is 41.3 Å². The SMILES string of the molecule is CCCCCCCCCCCCCCCCCCN(C)C(=O)c1ccccc1COS(=O)(=O)c1ccc(C)cc1. The molecule has 6 heteroatoms. The van der Waals surface area contributed by atoms with Crippen LogP contribution < -0.4 is 0 Å². The summed E-state index contributed by atoms with van der Waals surface area (Å²) in [4.78, 5) is 15.0. The van der Waals surface area contributed by atoms with Crippen molar-refractivity contribution in [1.29, 1.82) is 0 Å². The van der Waals surface area contributed by atoms with Gasteiger partial charge in [0.05, 0.1) is 11.5 Å². The van der Waals surface area contributed by atoms with Crippen molar-refractivity contribution in [2.45, 2.75) is 128 Å². The highest BCUT2D eigenvalue weighted by Crippen LogP contribution is 2.19. The summed E-state index contributed by atoms with van der Waals surface area (Å²) in [6.45, 7) is 4.68. The number of aryl methyl sites for hydroxylation is 1. The van der Waals surface area contributed by atoms with E-state index in [0.29, 0.717) is 17.7 Å². The van der Waals surface area contributed by atoms with E-state index in [9.17, 15) is 13.2 Å². The first-order valence-corrected chi connectivity index (χ1v) is 17.1. The highest BCUT2D eigenvalue weighted by Gasteiger charge is 2.19. The third-order valence-corrected chi connectivity index (χ3v) is 8.90. The number of amides is 1. The molecule has 0 saturated heterocycles. The predicted octanol–water partition coefficient (Wildman–Crippen LogP) is 9.23. The summed E-state index contributed by atoms with van der Waals surface area (Å²) in [5.74, 6) is -0.104. The van der Waals surface area contributed by atoms with Crippen molar-refractivity contribution >= 4 is 16.0 Å². The van der Waals surface area contributed by atoms with E-state index in [0.717, 1.165) is 18.4 Å². The van der Waals surface area contributed by atoms with Crippen molar-refractivity contribution in [3.05, 3.63) is 65.2 Å². The molecule has 0 fully saturated rings. The topological polar surface area (TPSA) is 63.7 Å². The summed E-state index contributed by atoms with van der Waals surface area (Å²) < 4.78 is 30.5. The standard InChI is InChI=1S/C34H53NO4S/c1-4-5-6-7-8-9-10-11-12-13-14-15-16-17-18-21-28-35(3)34(36)33-23-20-19-22-31(33)29-39-40(37,38)32-26-24-30(2)25-27-32/h19-20,22-27H,4-18,21,28-29H2,1-3H3. The molecule has 0 radical (unpaired) electrons. The van der Waals surface area contributed by atoms with Crippen LogP contribution in [0, 0.1) is 6.92 Å². The molecule has 0 atom stereocenters. The predicted molar refractivity (Wildman–Crippen MR) is 166 cm³/mol. The van der Waals surface area contributed by atoms with Crippen LogP contribution in [-0.4, -0.2) is 32.8 Å². The van der Waals surface area contributed by atoms with Crippen LogP contribution in [0.25, 0.3) is 0 Å². The summed E-state index contributed by atoms with van der Waals surface area (Å²) in [6.07, 6.45) is 21.2. The Bertz CT molecular complexity index is 1070. The summed E-state index contributed by atoms with van der Waals surface area (Å²) in [6, 6.07) is 13.6. The van der Waals surface area contributed by atoms with Gasteiger partial charge in [0.2, 0.25) is 0 Å². The third-order valence-electron chi connectivity index (χ3n) is 7.62. The summed E-state index contributed by atoms with van der Waals surface area (Å²) in [5.41, 5.74) is 2.03. The minimum atomic E-state index is -3.90. The van der Waals surface area contributed by atoms with Crippen molar-refractivity contribution in [1.82, 2.24) is 4.90 Å². The van der Waals surface area contributed by atoms with Crippen LogP contribution in [0.3, 0.4) is 0 Å². The number of carbonyl (C=O) groups excluding carboxylic acids is 1. The van der Waals surface area contributed by atoms with Gasteiger partial charge in [-0.05, 0) is 37.1 Å². The maximum absolute atomic E-state index is 13.1. The summed E-state index contributed by atoms with van der Waals surface area (Å²) >= 11 is 0. The molecule has 0 spiro atoms. The van der Waals surface area contributed by atoms with Gasteiger partial charge in [0.15, 0.2) is 0 Å². The molecule has 0 saturated carbocycles. The highest BCUT2D eigenvalue weighted by atomic mass is 32.2. The Hall–Kier alpha value is -2.18. The van der Waals surface area contributed by atoms with E-state index in [1.165, 1.54) is 102 Å². The largest absolute Gasteiger partial charge is 0.342 e. The van der Waals surface area contributed by atoms with Crippen molar-refractivity contribution in [3.8, 4) is 0 Å². The fourth-order valence-corrected chi connectivity index (χ4v) is 5.86. The maximum Gasteiger partial charge on any atom is 0.297 e. The van der Waals surface area contributed by atoms with Gasteiger partial charge in [-0.3, -0.25) is 8.98 Å². The van der Waals surface area contributed by atoms with Gasteiger partial charge in [-0.15, -0.1) is 0 Å². The van der Waals surface area contributed by atoms with E-state index in [2.05, 4.69) is 6.92 Å². The van der Waals surface area contributed by atoms with Crippen LogP contribution in [0.2, 0.25) is 0 Å². The lowest BCUT2D eigenvalue weighted by molar-refractivity contribution is 0.0789. The number of carbonyl (C=O) groups is 1. The maximum atomic E-state index is 13.1. The van der Waals surface area contributed by atoms with E-state index >= 15 is 0 Å². The summed E-state index contributed by atoms with van der Waals surface area (Å²) in [7, 11) is -2.09. The molecule has 0 aromatic heterocycles. The molecule has 2 rings (SSSR count). The third kappa shape index (κ3) is 13.5. The molecule has 5 nitrogen and oxygen atoms in total. The Labute approximate surface area is 244 Å². The van der Waals surface area contributed by atoms with Gasteiger partial charge in [-0.2, -0.15) is 8.42 Å². The minimum Gasteiger partial charge on any atom is -0.342 e. The average molecular weight is 572 g/mol. The first-order chi connectivity index (χ1) is 19.3. The lowest BCUT2D eigenvalue weighted by Gasteiger charge is -2.19. The lowest BCUT2D eigenvalue weighted by atomic mass is 10.0. The number of benzene rings is 2. The zero-order chi connectivity index (χ0) is 29.1. The molecule has 0 heterocycles. The monoisotopic (exact) mass is 571 g/mol.